The van der Waals surface area contributed by atoms with Crippen molar-refractivity contribution in [3.05, 3.63) is 39.4 Å². The van der Waals surface area contributed by atoms with Gasteiger partial charge >= 0.3 is 0 Å². The third-order valence-corrected chi connectivity index (χ3v) is 8.24. The fourth-order valence-electron chi connectivity index (χ4n) is 2.19. The van der Waals surface area contributed by atoms with Crippen LogP contribution in [0, 0.1) is 0 Å². The molecule has 28 heavy (non-hydrogen) atoms. The first-order valence-corrected chi connectivity index (χ1v) is 11.6. The monoisotopic (exact) mass is 558 g/mol. The molecule has 1 unspecified atom stereocenters. The van der Waals surface area contributed by atoms with Crippen LogP contribution in [0.5, 0.6) is 0 Å². The Kier molecular flexibility index (Phi) is 9.83. The first-order valence-electron chi connectivity index (χ1n) is 8.46. The second kappa shape index (κ2) is 10.9. The highest BCUT2D eigenvalue weighted by Crippen LogP contribution is 2.25. The van der Waals surface area contributed by atoms with Crippen LogP contribution in [0.1, 0.15) is 23.6 Å². The molecular formula is C17H27IN4O3S3. The first-order chi connectivity index (χ1) is 12.7. The molecule has 2 rings (SSSR count). The molecule has 0 bridgehead atoms. The zero-order valence-electron chi connectivity index (χ0n) is 16.3. The molecule has 11 heteroatoms. The van der Waals surface area contributed by atoms with Crippen LogP contribution in [0.4, 0.5) is 0 Å². The van der Waals surface area contributed by atoms with E-state index in [1.54, 1.807) is 19.1 Å². The predicted molar refractivity (Wildman–Crippen MR) is 127 cm³/mol. The number of guanidine groups is 1. The number of aliphatic imine (C=N–C) groups is 1. The lowest BCUT2D eigenvalue weighted by Crippen LogP contribution is -2.44. The van der Waals surface area contributed by atoms with E-state index in [-0.39, 0.29) is 24.0 Å². The van der Waals surface area contributed by atoms with E-state index in [0.717, 1.165) is 9.75 Å². The van der Waals surface area contributed by atoms with E-state index in [1.165, 1.54) is 41.1 Å². The van der Waals surface area contributed by atoms with E-state index < -0.39 is 15.6 Å². The van der Waals surface area contributed by atoms with Gasteiger partial charge < -0.3 is 15.7 Å². The summed E-state index contributed by atoms with van der Waals surface area (Å²) in [6, 6.07) is 7.18. The Hall–Kier alpha value is -0.730. The molecule has 2 heterocycles. The third-order valence-electron chi connectivity index (χ3n) is 3.76. The number of nitrogens with zero attached hydrogens (tertiary/aromatic N) is 2. The molecule has 0 saturated heterocycles. The summed E-state index contributed by atoms with van der Waals surface area (Å²) in [5.74, 6) is 0.569. The Morgan fingerprint density at radius 3 is 2.57 bits per heavy atom. The average Bonchev–Trinajstić information content (AvgIpc) is 3.29. The lowest BCUT2D eigenvalue weighted by atomic mass is 10.1. The largest absolute Gasteiger partial charge is 0.383 e. The van der Waals surface area contributed by atoms with E-state index in [0.29, 0.717) is 29.8 Å². The molecular weight excluding hydrogens is 531 g/mol. The molecule has 0 spiro atoms. The molecule has 0 amide bonds. The Morgan fingerprint density at radius 2 is 2.00 bits per heavy atom. The van der Waals surface area contributed by atoms with Crippen LogP contribution in [-0.2, 0) is 22.2 Å². The summed E-state index contributed by atoms with van der Waals surface area (Å²) >= 11 is 2.71. The number of halogens is 1. The second-order valence-electron chi connectivity index (χ2n) is 6.31. The van der Waals surface area contributed by atoms with Crippen LogP contribution in [0.15, 0.2) is 38.8 Å². The minimum absolute atomic E-state index is 0. The highest BCUT2D eigenvalue weighted by molar-refractivity contribution is 14.0. The van der Waals surface area contributed by atoms with Crippen LogP contribution < -0.4 is 10.6 Å². The second-order valence-corrected chi connectivity index (χ2v) is 10.8. The Balaban J connectivity index is 0.00000392. The van der Waals surface area contributed by atoms with Gasteiger partial charge in [-0.2, -0.15) is 0 Å². The number of hydrogen-bond acceptors (Lipinski definition) is 6. The van der Waals surface area contributed by atoms with Gasteiger partial charge in [-0.05, 0) is 37.4 Å². The van der Waals surface area contributed by atoms with Crippen molar-refractivity contribution in [2.75, 3.05) is 27.2 Å². The van der Waals surface area contributed by atoms with Crippen molar-refractivity contribution in [3.8, 4) is 0 Å². The zero-order valence-corrected chi connectivity index (χ0v) is 21.1. The average molecular weight is 559 g/mol. The standard InChI is InChI=1S/C17H26N4O3S3.HI/c1-5-18-16(20-12-17(2,22)14-7-6-10-25-14)19-11-13-8-9-15(26-13)27(23,24)21(3)4;/h6-10,22H,5,11-12H2,1-4H3,(H2,18,19,20);1H. The maximum absolute atomic E-state index is 12.2. The fourth-order valence-corrected chi connectivity index (χ4v) is 5.42. The predicted octanol–water partition coefficient (Wildman–Crippen LogP) is 2.64. The number of rotatable bonds is 8. The van der Waals surface area contributed by atoms with Crippen LogP contribution in [-0.4, -0.2) is 51.0 Å². The summed E-state index contributed by atoms with van der Waals surface area (Å²) in [6.07, 6.45) is 0. The van der Waals surface area contributed by atoms with Crippen LogP contribution in [0.2, 0.25) is 0 Å². The maximum Gasteiger partial charge on any atom is 0.252 e. The molecule has 0 aliphatic heterocycles. The summed E-state index contributed by atoms with van der Waals surface area (Å²) in [5.41, 5.74) is -1.000. The van der Waals surface area contributed by atoms with Crippen molar-refractivity contribution >= 4 is 62.6 Å². The van der Waals surface area contributed by atoms with Gasteiger partial charge in [0, 0.05) is 30.4 Å². The molecule has 0 aliphatic rings. The van der Waals surface area contributed by atoms with E-state index in [1.807, 2.05) is 24.4 Å². The van der Waals surface area contributed by atoms with E-state index in [4.69, 9.17) is 0 Å². The topological polar surface area (TPSA) is 94.0 Å². The Morgan fingerprint density at radius 1 is 1.29 bits per heavy atom. The summed E-state index contributed by atoms with van der Waals surface area (Å²) < 4.78 is 25.8. The minimum Gasteiger partial charge on any atom is -0.383 e. The van der Waals surface area contributed by atoms with Gasteiger partial charge in [0.15, 0.2) is 5.96 Å². The molecule has 1 atom stereocenters. The van der Waals surface area contributed by atoms with Crippen molar-refractivity contribution in [2.24, 2.45) is 4.99 Å². The van der Waals surface area contributed by atoms with Crippen molar-refractivity contribution in [3.63, 3.8) is 0 Å². The maximum atomic E-state index is 12.2. The lowest BCUT2D eigenvalue weighted by Gasteiger charge is -2.23. The van der Waals surface area contributed by atoms with Gasteiger partial charge in [-0.3, -0.25) is 0 Å². The molecule has 0 fully saturated rings. The van der Waals surface area contributed by atoms with Gasteiger partial charge in [-0.25, -0.2) is 17.7 Å². The van der Waals surface area contributed by atoms with E-state index in [2.05, 4.69) is 15.6 Å². The highest BCUT2D eigenvalue weighted by Gasteiger charge is 2.24. The van der Waals surface area contributed by atoms with E-state index in [9.17, 15) is 13.5 Å². The SMILES string of the molecule is CCNC(=NCc1ccc(S(=O)(=O)N(C)C)s1)NCC(C)(O)c1cccs1.I. The molecule has 158 valence electrons. The number of nitrogens with one attached hydrogen (secondary N) is 2. The van der Waals surface area contributed by atoms with Gasteiger partial charge in [0.05, 0.1) is 13.1 Å². The van der Waals surface area contributed by atoms with Crippen LogP contribution >= 0.6 is 46.7 Å². The number of thiophene rings is 2. The minimum atomic E-state index is -3.42. The molecule has 0 aliphatic carbocycles. The van der Waals surface area contributed by atoms with E-state index >= 15 is 0 Å². The van der Waals surface area contributed by atoms with Crippen molar-refractivity contribution in [2.45, 2.75) is 30.2 Å². The summed E-state index contributed by atoms with van der Waals surface area (Å²) in [6.45, 7) is 5.06. The first kappa shape index (κ1) is 25.3. The van der Waals surface area contributed by atoms with Crippen LogP contribution in [0.3, 0.4) is 0 Å². The molecule has 0 aromatic carbocycles. The number of aliphatic hydroxyl groups is 1. The van der Waals surface area contributed by atoms with Crippen molar-refractivity contribution in [1.82, 2.24) is 14.9 Å². The molecule has 3 N–H and O–H groups in total. The smallest absolute Gasteiger partial charge is 0.252 e. The molecule has 2 aromatic rings. The Bertz CT molecular complexity index is 862. The Labute approximate surface area is 192 Å². The summed E-state index contributed by atoms with van der Waals surface area (Å²) in [5, 5.41) is 18.8. The molecule has 7 nitrogen and oxygen atoms in total. The van der Waals surface area contributed by atoms with Gasteiger partial charge in [0.1, 0.15) is 9.81 Å². The normalized spacial score (nSPS) is 14.4. The molecule has 2 aromatic heterocycles. The highest BCUT2D eigenvalue weighted by atomic mass is 127. The summed E-state index contributed by atoms with van der Waals surface area (Å²) in [4.78, 5) is 6.22. The zero-order chi connectivity index (χ0) is 20.1. The van der Waals surface area contributed by atoms with Gasteiger partial charge in [0.25, 0.3) is 10.0 Å². The lowest BCUT2D eigenvalue weighted by molar-refractivity contribution is 0.0655. The number of sulfonamides is 1. The van der Waals surface area contributed by atoms with Crippen molar-refractivity contribution < 1.29 is 13.5 Å². The fraction of sp³-hybridized carbons (Fsp3) is 0.471. The molecule has 0 radical (unpaired) electrons. The van der Waals surface area contributed by atoms with Crippen LogP contribution in [0.25, 0.3) is 0 Å². The van der Waals surface area contributed by atoms with Gasteiger partial charge in [-0.1, -0.05) is 6.07 Å². The van der Waals surface area contributed by atoms with Crippen molar-refractivity contribution in [1.29, 1.82) is 0 Å². The van der Waals surface area contributed by atoms with Gasteiger partial charge in [0.2, 0.25) is 0 Å². The quantitative estimate of drug-likeness (QED) is 0.263. The molecule has 0 saturated carbocycles. The summed E-state index contributed by atoms with van der Waals surface area (Å²) in [7, 11) is -0.392. The number of hydrogen-bond donors (Lipinski definition) is 3. The third kappa shape index (κ3) is 6.66. The van der Waals surface area contributed by atoms with Gasteiger partial charge in [-0.15, -0.1) is 46.7 Å².